The molecular weight excluding hydrogens is 216 g/mol. The smallest absolute Gasteiger partial charge is 0.244 e. The number of fused-ring (bicyclic) bond motifs is 1. The van der Waals surface area contributed by atoms with Crippen molar-refractivity contribution in [1.82, 2.24) is 19.8 Å². The molecule has 0 bridgehead atoms. The van der Waals surface area contributed by atoms with E-state index in [0.717, 1.165) is 16.8 Å². The van der Waals surface area contributed by atoms with Gasteiger partial charge in [-0.05, 0) is 24.6 Å². The molecule has 5 nitrogen and oxygen atoms in total. The van der Waals surface area contributed by atoms with Gasteiger partial charge in [0.05, 0.1) is 5.69 Å². The highest BCUT2D eigenvalue weighted by Crippen LogP contribution is 2.20. The lowest BCUT2D eigenvalue weighted by atomic mass is 10.1. The SMILES string of the molecule is Cc1ccccc1-c1ccc2n[nH]c(=O)n2n1. The van der Waals surface area contributed by atoms with Crippen molar-refractivity contribution in [2.75, 3.05) is 0 Å². The molecule has 0 fully saturated rings. The molecular formula is C12H10N4O. The predicted octanol–water partition coefficient (Wildman–Crippen LogP) is 1.39. The van der Waals surface area contributed by atoms with Crippen LogP contribution in [0.1, 0.15) is 5.56 Å². The Hall–Kier alpha value is -2.43. The average Bonchev–Trinajstić information content (AvgIpc) is 2.71. The molecule has 84 valence electrons. The fourth-order valence-corrected chi connectivity index (χ4v) is 1.81. The normalized spacial score (nSPS) is 10.9. The second-order valence-corrected chi connectivity index (χ2v) is 3.83. The van der Waals surface area contributed by atoms with Gasteiger partial charge in [-0.1, -0.05) is 24.3 Å². The van der Waals surface area contributed by atoms with E-state index in [-0.39, 0.29) is 5.69 Å². The second-order valence-electron chi connectivity index (χ2n) is 3.83. The first kappa shape index (κ1) is 9.77. The van der Waals surface area contributed by atoms with Gasteiger partial charge in [0.2, 0.25) is 0 Å². The predicted molar refractivity (Wildman–Crippen MR) is 63.8 cm³/mol. The zero-order valence-corrected chi connectivity index (χ0v) is 9.21. The molecule has 0 aliphatic heterocycles. The number of aromatic nitrogens is 4. The van der Waals surface area contributed by atoms with Crippen molar-refractivity contribution in [3.8, 4) is 11.3 Å². The minimum absolute atomic E-state index is 0.324. The summed E-state index contributed by atoms with van der Waals surface area (Å²) < 4.78 is 1.27. The highest BCUT2D eigenvalue weighted by molar-refractivity contribution is 5.63. The molecule has 1 N–H and O–H groups in total. The zero-order valence-electron chi connectivity index (χ0n) is 9.21. The first-order valence-corrected chi connectivity index (χ1v) is 5.26. The van der Waals surface area contributed by atoms with Gasteiger partial charge < -0.3 is 0 Å². The highest BCUT2D eigenvalue weighted by Gasteiger charge is 2.06. The molecule has 2 heterocycles. The maximum absolute atomic E-state index is 11.4. The van der Waals surface area contributed by atoms with Gasteiger partial charge in [-0.25, -0.2) is 9.89 Å². The van der Waals surface area contributed by atoms with Crippen molar-refractivity contribution in [3.05, 3.63) is 52.4 Å². The van der Waals surface area contributed by atoms with Crippen molar-refractivity contribution in [2.45, 2.75) is 6.92 Å². The van der Waals surface area contributed by atoms with Gasteiger partial charge in [0.25, 0.3) is 0 Å². The molecule has 0 amide bonds. The van der Waals surface area contributed by atoms with E-state index in [4.69, 9.17) is 0 Å². The van der Waals surface area contributed by atoms with E-state index in [0.29, 0.717) is 5.65 Å². The molecule has 2 aromatic heterocycles. The molecule has 0 aliphatic rings. The molecule has 0 aliphatic carbocycles. The quantitative estimate of drug-likeness (QED) is 0.682. The molecule has 3 aromatic rings. The number of nitrogens with one attached hydrogen (secondary N) is 1. The lowest BCUT2D eigenvalue weighted by Gasteiger charge is -2.03. The van der Waals surface area contributed by atoms with Gasteiger partial charge in [0.15, 0.2) is 5.65 Å². The van der Waals surface area contributed by atoms with Crippen LogP contribution in [0, 0.1) is 6.92 Å². The van der Waals surface area contributed by atoms with Crippen LogP contribution < -0.4 is 5.69 Å². The Morgan fingerprint density at radius 1 is 1.18 bits per heavy atom. The zero-order chi connectivity index (χ0) is 11.8. The maximum atomic E-state index is 11.4. The van der Waals surface area contributed by atoms with Gasteiger partial charge in [-0.3, -0.25) is 0 Å². The number of aryl methyl sites for hydroxylation is 1. The van der Waals surface area contributed by atoms with Crippen molar-refractivity contribution in [2.24, 2.45) is 0 Å². The lowest BCUT2D eigenvalue weighted by Crippen LogP contribution is -2.12. The van der Waals surface area contributed by atoms with Crippen LogP contribution in [-0.4, -0.2) is 19.8 Å². The largest absolute Gasteiger partial charge is 0.364 e. The van der Waals surface area contributed by atoms with Crippen LogP contribution in [-0.2, 0) is 0 Å². The Labute approximate surface area is 96.7 Å². The van der Waals surface area contributed by atoms with Crippen molar-refractivity contribution in [1.29, 1.82) is 0 Å². The Balaban J connectivity index is 2.28. The molecule has 3 rings (SSSR count). The first-order chi connectivity index (χ1) is 8.25. The lowest BCUT2D eigenvalue weighted by molar-refractivity contribution is 0.884. The summed E-state index contributed by atoms with van der Waals surface area (Å²) in [5, 5.41) is 10.5. The van der Waals surface area contributed by atoms with Crippen LogP contribution in [0.15, 0.2) is 41.2 Å². The summed E-state index contributed by atoms with van der Waals surface area (Å²) in [7, 11) is 0. The Kier molecular flexibility index (Phi) is 2.04. The Bertz CT molecular complexity index is 741. The molecule has 0 radical (unpaired) electrons. The van der Waals surface area contributed by atoms with E-state index < -0.39 is 0 Å². The topological polar surface area (TPSA) is 63.0 Å². The molecule has 1 aromatic carbocycles. The Morgan fingerprint density at radius 2 is 2.00 bits per heavy atom. The van der Waals surface area contributed by atoms with Gasteiger partial charge in [-0.2, -0.15) is 14.7 Å². The van der Waals surface area contributed by atoms with Gasteiger partial charge in [-0.15, -0.1) is 0 Å². The number of nitrogens with zero attached hydrogens (tertiary/aromatic N) is 3. The highest BCUT2D eigenvalue weighted by atomic mass is 16.2. The molecule has 17 heavy (non-hydrogen) atoms. The van der Waals surface area contributed by atoms with Gasteiger partial charge in [0.1, 0.15) is 0 Å². The summed E-state index contributed by atoms with van der Waals surface area (Å²) in [6.45, 7) is 2.01. The summed E-state index contributed by atoms with van der Waals surface area (Å²) in [6, 6.07) is 11.5. The van der Waals surface area contributed by atoms with E-state index in [1.807, 2.05) is 37.3 Å². The number of H-pyrrole nitrogens is 1. The second kappa shape index (κ2) is 3.55. The van der Waals surface area contributed by atoms with Crippen LogP contribution >= 0.6 is 0 Å². The molecule has 0 spiro atoms. The summed E-state index contributed by atoms with van der Waals surface area (Å²) >= 11 is 0. The summed E-state index contributed by atoms with van der Waals surface area (Å²) in [6.07, 6.45) is 0. The number of aromatic amines is 1. The third-order valence-electron chi connectivity index (χ3n) is 2.69. The van der Waals surface area contributed by atoms with Crippen molar-refractivity contribution < 1.29 is 0 Å². The van der Waals surface area contributed by atoms with Crippen molar-refractivity contribution >= 4 is 5.65 Å². The standard InChI is InChI=1S/C12H10N4O/c1-8-4-2-3-5-9(8)10-6-7-11-13-14-12(17)16(11)15-10/h2-7H,1H3,(H,14,17). The summed E-state index contributed by atoms with van der Waals surface area (Å²) in [5.41, 5.74) is 3.10. The minimum atomic E-state index is -0.324. The maximum Gasteiger partial charge on any atom is 0.364 e. The van der Waals surface area contributed by atoms with E-state index in [9.17, 15) is 4.79 Å². The number of benzene rings is 1. The number of rotatable bonds is 1. The van der Waals surface area contributed by atoms with Gasteiger partial charge >= 0.3 is 5.69 Å². The fraction of sp³-hybridized carbons (Fsp3) is 0.0833. The van der Waals surface area contributed by atoms with Crippen LogP contribution in [0.2, 0.25) is 0 Å². The van der Waals surface area contributed by atoms with E-state index in [1.54, 1.807) is 6.07 Å². The van der Waals surface area contributed by atoms with Crippen LogP contribution in [0.4, 0.5) is 0 Å². The third kappa shape index (κ3) is 1.52. The van der Waals surface area contributed by atoms with E-state index in [1.165, 1.54) is 4.52 Å². The number of hydrogen-bond donors (Lipinski definition) is 1. The molecule has 0 saturated carbocycles. The average molecular weight is 226 g/mol. The van der Waals surface area contributed by atoms with Crippen LogP contribution in [0.25, 0.3) is 16.9 Å². The first-order valence-electron chi connectivity index (χ1n) is 5.26. The number of hydrogen-bond acceptors (Lipinski definition) is 3. The summed E-state index contributed by atoms with van der Waals surface area (Å²) in [4.78, 5) is 11.4. The van der Waals surface area contributed by atoms with Crippen molar-refractivity contribution in [3.63, 3.8) is 0 Å². The molecule has 0 saturated heterocycles. The minimum Gasteiger partial charge on any atom is -0.244 e. The third-order valence-corrected chi connectivity index (χ3v) is 2.69. The molecule has 0 atom stereocenters. The van der Waals surface area contributed by atoms with Crippen LogP contribution in [0.5, 0.6) is 0 Å². The molecule has 5 heteroatoms. The fourth-order valence-electron chi connectivity index (χ4n) is 1.81. The van der Waals surface area contributed by atoms with Crippen LogP contribution in [0.3, 0.4) is 0 Å². The van der Waals surface area contributed by atoms with E-state index in [2.05, 4.69) is 15.3 Å². The monoisotopic (exact) mass is 226 g/mol. The van der Waals surface area contributed by atoms with Gasteiger partial charge in [0, 0.05) is 5.56 Å². The van der Waals surface area contributed by atoms with E-state index >= 15 is 0 Å². The summed E-state index contributed by atoms with van der Waals surface area (Å²) in [5.74, 6) is 0. The Morgan fingerprint density at radius 3 is 2.82 bits per heavy atom. The molecule has 0 unspecified atom stereocenters.